The van der Waals surface area contributed by atoms with Crippen LogP contribution in [-0.4, -0.2) is 25.9 Å². The molecule has 5 nitrogen and oxygen atoms in total. The summed E-state index contributed by atoms with van der Waals surface area (Å²) in [6.07, 6.45) is 2.56. The molecule has 2 amide bonds. The van der Waals surface area contributed by atoms with Gasteiger partial charge < -0.3 is 10.2 Å². The van der Waals surface area contributed by atoms with Crippen LogP contribution in [0.5, 0.6) is 0 Å². The van der Waals surface area contributed by atoms with Crippen LogP contribution in [-0.2, 0) is 9.59 Å². The van der Waals surface area contributed by atoms with Crippen molar-refractivity contribution in [3.8, 4) is 0 Å². The lowest BCUT2D eigenvalue weighted by molar-refractivity contribution is -0.119. The summed E-state index contributed by atoms with van der Waals surface area (Å²) in [5.74, 6) is -0.620. The van der Waals surface area contributed by atoms with Crippen LogP contribution < -0.4 is 15.1 Å². The average Bonchev–Trinajstić information content (AvgIpc) is 2.88. The first-order valence-electron chi connectivity index (χ1n) is 7.25. The van der Waals surface area contributed by atoms with Crippen LogP contribution in [0, 0.1) is 0 Å². The standard InChI is InChI=1S/C18H17N3O2/c1-20(2)15-7-3-13(4-8-15)19-14-5-9-16(10-6-14)21-17(22)11-12-18(21)23/h3-12,19H,1-2H3. The van der Waals surface area contributed by atoms with E-state index in [0.29, 0.717) is 5.69 Å². The summed E-state index contributed by atoms with van der Waals surface area (Å²) < 4.78 is 0. The molecule has 0 aromatic heterocycles. The van der Waals surface area contributed by atoms with Crippen molar-refractivity contribution in [2.75, 3.05) is 29.2 Å². The van der Waals surface area contributed by atoms with E-state index in [9.17, 15) is 9.59 Å². The number of carbonyl (C=O) groups excluding carboxylic acids is 2. The first-order chi connectivity index (χ1) is 11.0. The fraction of sp³-hybridized carbons (Fsp3) is 0.111. The van der Waals surface area contributed by atoms with Gasteiger partial charge in [-0.25, -0.2) is 4.90 Å². The molecule has 0 spiro atoms. The average molecular weight is 307 g/mol. The molecular formula is C18H17N3O2. The molecular weight excluding hydrogens is 290 g/mol. The zero-order valence-corrected chi connectivity index (χ0v) is 13.0. The molecule has 0 unspecified atom stereocenters. The van der Waals surface area contributed by atoms with Gasteiger partial charge in [0.15, 0.2) is 0 Å². The molecule has 2 aromatic rings. The van der Waals surface area contributed by atoms with Crippen molar-refractivity contribution in [3.63, 3.8) is 0 Å². The number of nitrogens with zero attached hydrogens (tertiary/aromatic N) is 2. The Labute approximate surface area is 134 Å². The first kappa shape index (κ1) is 14.8. The van der Waals surface area contributed by atoms with Gasteiger partial charge >= 0.3 is 0 Å². The van der Waals surface area contributed by atoms with E-state index in [0.717, 1.165) is 22.0 Å². The fourth-order valence-corrected chi connectivity index (χ4v) is 2.36. The lowest BCUT2D eigenvalue weighted by atomic mass is 10.2. The van der Waals surface area contributed by atoms with E-state index in [1.807, 2.05) is 55.4 Å². The van der Waals surface area contributed by atoms with Crippen molar-refractivity contribution in [3.05, 3.63) is 60.7 Å². The number of benzene rings is 2. The van der Waals surface area contributed by atoms with Crippen LogP contribution in [0.15, 0.2) is 60.7 Å². The van der Waals surface area contributed by atoms with Gasteiger partial charge in [0.25, 0.3) is 11.8 Å². The molecule has 0 aliphatic carbocycles. The minimum Gasteiger partial charge on any atom is -0.378 e. The largest absolute Gasteiger partial charge is 0.378 e. The molecule has 0 saturated heterocycles. The van der Waals surface area contributed by atoms with Crippen LogP contribution in [0.2, 0.25) is 0 Å². The maximum absolute atomic E-state index is 11.6. The number of imide groups is 1. The van der Waals surface area contributed by atoms with Crippen molar-refractivity contribution >= 4 is 34.6 Å². The van der Waals surface area contributed by atoms with Crippen LogP contribution >= 0.6 is 0 Å². The molecule has 1 aliphatic rings. The lowest BCUT2D eigenvalue weighted by Crippen LogP contribution is -2.29. The summed E-state index contributed by atoms with van der Waals surface area (Å²) in [4.78, 5) is 26.5. The summed E-state index contributed by atoms with van der Waals surface area (Å²) >= 11 is 0. The number of anilines is 4. The molecule has 1 N–H and O–H groups in total. The van der Waals surface area contributed by atoms with E-state index < -0.39 is 0 Å². The fourth-order valence-electron chi connectivity index (χ4n) is 2.36. The lowest BCUT2D eigenvalue weighted by Gasteiger charge is -2.15. The van der Waals surface area contributed by atoms with E-state index in [4.69, 9.17) is 0 Å². The SMILES string of the molecule is CN(C)c1ccc(Nc2ccc(N3C(=O)C=CC3=O)cc2)cc1. The Kier molecular flexibility index (Phi) is 3.85. The molecule has 0 fully saturated rings. The molecule has 2 aromatic carbocycles. The minimum atomic E-state index is -0.310. The second-order valence-corrected chi connectivity index (χ2v) is 5.46. The first-order valence-corrected chi connectivity index (χ1v) is 7.25. The second kappa shape index (κ2) is 5.96. The summed E-state index contributed by atoms with van der Waals surface area (Å²) in [5.41, 5.74) is 3.56. The zero-order valence-electron chi connectivity index (χ0n) is 13.0. The molecule has 1 heterocycles. The van der Waals surface area contributed by atoms with Crippen molar-refractivity contribution in [2.24, 2.45) is 0 Å². The number of hydrogen-bond acceptors (Lipinski definition) is 4. The normalized spacial score (nSPS) is 13.6. The smallest absolute Gasteiger partial charge is 0.258 e. The Morgan fingerprint density at radius 2 is 1.26 bits per heavy atom. The Morgan fingerprint density at radius 3 is 1.74 bits per heavy atom. The van der Waals surface area contributed by atoms with Gasteiger partial charge in [0.05, 0.1) is 5.69 Å². The van der Waals surface area contributed by atoms with Crippen LogP contribution in [0.3, 0.4) is 0 Å². The molecule has 0 radical (unpaired) electrons. The highest BCUT2D eigenvalue weighted by Gasteiger charge is 2.24. The number of amides is 2. The Hall–Kier alpha value is -3.08. The van der Waals surface area contributed by atoms with E-state index in [2.05, 4.69) is 5.32 Å². The summed E-state index contributed by atoms with van der Waals surface area (Å²) in [6.45, 7) is 0. The maximum Gasteiger partial charge on any atom is 0.258 e. The Bertz CT molecular complexity index is 744. The number of rotatable bonds is 4. The van der Waals surface area contributed by atoms with Gasteiger partial charge in [0.2, 0.25) is 0 Å². The quantitative estimate of drug-likeness (QED) is 0.882. The summed E-state index contributed by atoms with van der Waals surface area (Å²) in [7, 11) is 3.99. The minimum absolute atomic E-state index is 0.310. The third-order valence-electron chi connectivity index (χ3n) is 3.61. The van der Waals surface area contributed by atoms with Gasteiger partial charge in [-0.2, -0.15) is 0 Å². The highest BCUT2D eigenvalue weighted by molar-refractivity contribution is 6.28. The Balaban J connectivity index is 1.72. The predicted molar refractivity (Wildman–Crippen MR) is 92.1 cm³/mol. The number of nitrogens with one attached hydrogen (secondary N) is 1. The third kappa shape index (κ3) is 3.08. The Morgan fingerprint density at radius 1 is 0.783 bits per heavy atom. The molecule has 5 heteroatoms. The maximum atomic E-state index is 11.6. The number of carbonyl (C=O) groups is 2. The van der Waals surface area contributed by atoms with Gasteiger partial charge in [-0.3, -0.25) is 9.59 Å². The molecule has 1 aliphatic heterocycles. The van der Waals surface area contributed by atoms with Gasteiger partial charge in [0, 0.05) is 43.3 Å². The number of hydrogen-bond donors (Lipinski definition) is 1. The topological polar surface area (TPSA) is 52.6 Å². The van der Waals surface area contributed by atoms with Gasteiger partial charge in [0.1, 0.15) is 0 Å². The molecule has 0 bridgehead atoms. The van der Waals surface area contributed by atoms with Gasteiger partial charge in [-0.15, -0.1) is 0 Å². The van der Waals surface area contributed by atoms with E-state index >= 15 is 0 Å². The van der Waals surface area contributed by atoms with Crippen LogP contribution in [0.1, 0.15) is 0 Å². The predicted octanol–water partition coefficient (Wildman–Crippen LogP) is 2.93. The third-order valence-corrected chi connectivity index (χ3v) is 3.61. The van der Waals surface area contributed by atoms with E-state index in [1.165, 1.54) is 12.2 Å². The van der Waals surface area contributed by atoms with Crippen molar-refractivity contribution in [1.82, 2.24) is 0 Å². The molecule has 3 rings (SSSR count). The van der Waals surface area contributed by atoms with Crippen molar-refractivity contribution < 1.29 is 9.59 Å². The highest BCUT2D eigenvalue weighted by Crippen LogP contribution is 2.24. The highest BCUT2D eigenvalue weighted by atomic mass is 16.2. The monoisotopic (exact) mass is 307 g/mol. The zero-order chi connectivity index (χ0) is 16.4. The summed E-state index contributed by atoms with van der Waals surface area (Å²) in [6, 6.07) is 15.2. The van der Waals surface area contributed by atoms with Crippen LogP contribution in [0.25, 0.3) is 0 Å². The molecule has 0 atom stereocenters. The summed E-state index contributed by atoms with van der Waals surface area (Å²) in [5, 5.41) is 3.29. The van der Waals surface area contributed by atoms with Crippen molar-refractivity contribution in [1.29, 1.82) is 0 Å². The van der Waals surface area contributed by atoms with Crippen molar-refractivity contribution in [2.45, 2.75) is 0 Å². The molecule has 0 saturated carbocycles. The van der Waals surface area contributed by atoms with E-state index in [1.54, 1.807) is 12.1 Å². The van der Waals surface area contributed by atoms with Gasteiger partial charge in [-0.05, 0) is 48.5 Å². The molecule has 116 valence electrons. The van der Waals surface area contributed by atoms with E-state index in [-0.39, 0.29) is 11.8 Å². The van der Waals surface area contributed by atoms with Gasteiger partial charge in [-0.1, -0.05) is 0 Å². The van der Waals surface area contributed by atoms with Crippen LogP contribution in [0.4, 0.5) is 22.7 Å². The second-order valence-electron chi connectivity index (χ2n) is 5.46. The molecule has 23 heavy (non-hydrogen) atoms.